The molecule has 0 N–H and O–H groups in total. The van der Waals surface area contributed by atoms with Crippen molar-refractivity contribution in [3.05, 3.63) is 140 Å². The van der Waals surface area contributed by atoms with Gasteiger partial charge in [-0.1, -0.05) is 121 Å². The third kappa shape index (κ3) is 4.74. The van der Waals surface area contributed by atoms with Crippen molar-refractivity contribution >= 4 is 21.6 Å². The monoisotopic (exact) mass is 517 g/mol. The molecular formula is C35H23N3S. The lowest BCUT2D eigenvalue weighted by Crippen LogP contribution is -1.96. The van der Waals surface area contributed by atoms with Gasteiger partial charge in [0, 0.05) is 22.3 Å². The Bertz CT molecular complexity index is 1880. The molecule has 0 atom stereocenters. The fourth-order valence-corrected chi connectivity index (χ4v) is 5.72. The Morgan fingerprint density at radius 1 is 0.385 bits per heavy atom. The molecule has 39 heavy (non-hydrogen) atoms. The predicted molar refractivity (Wildman–Crippen MR) is 162 cm³/mol. The smallest absolute Gasteiger partial charge is 0.160 e. The lowest BCUT2D eigenvalue weighted by molar-refractivity contribution is 1.18. The number of nitrogens with zero attached hydrogens (tertiary/aromatic N) is 3. The number of hydrogen-bond acceptors (Lipinski definition) is 4. The summed E-state index contributed by atoms with van der Waals surface area (Å²) < 4.78 is 1.14. The summed E-state index contributed by atoms with van der Waals surface area (Å²) in [5, 5.41) is 1.02. The third-order valence-electron chi connectivity index (χ3n) is 6.75. The van der Waals surface area contributed by atoms with E-state index >= 15 is 0 Å². The average Bonchev–Trinajstić information content (AvgIpc) is 3.46. The van der Waals surface area contributed by atoms with E-state index in [1.165, 1.54) is 11.1 Å². The molecule has 2 heterocycles. The third-order valence-corrected chi connectivity index (χ3v) is 7.82. The van der Waals surface area contributed by atoms with E-state index in [0.717, 1.165) is 48.9 Å². The number of aromatic nitrogens is 3. The molecule has 0 bridgehead atoms. The van der Waals surface area contributed by atoms with Crippen LogP contribution in [0, 0.1) is 0 Å². The van der Waals surface area contributed by atoms with Gasteiger partial charge in [-0.05, 0) is 29.3 Å². The normalized spacial score (nSPS) is 11.1. The van der Waals surface area contributed by atoms with Gasteiger partial charge in [0.05, 0.1) is 21.6 Å². The quantitative estimate of drug-likeness (QED) is 0.228. The van der Waals surface area contributed by atoms with Gasteiger partial charge in [-0.2, -0.15) is 0 Å². The van der Waals surface area contributed by atoms with Gasteiger partial charge in [0.2, 0.25) is 0 Å². The first-order valence-corrected chi connectivity index (χ1v) is 13.7. The van der Waals surface area contributed by atoms with Crippen molar-refractivity contribution in [2.75, 3.05) is 0 Å². The van der Waals surface area contributed by atoms with Crippen molar-refractivity contribution in [1.29, 1.82) is 0 Å². The first kappa shape index (κ1) is 23.2. The second-order valence-corrected chi connectivity index (χ2v) is 10.4. The Morgan fingerprint density at radius 3 is 1.56 bits per heavy atom. The Labute approximate surface area is 231 Å². The second-order valence-electron chi connectivity index (χ2n) is 9.34. The molecule has 0 aliphatic rings. The van der Waals surface area contributed by atoms with E-state index in [1.54, 1.807) is 11.3 Å². The summed E-state index contributed by atoms with van der Waals surface area (Å²) >= 11 is 1.71. The van der Waals surface area contributed by atoms with E-state index < -0.39 is 0 Å². The molecule has 0 amide bonds. The minimum Gasteiger partial charge on any atom is -0.236 e. The molecule has 184 valence electrons. The van der Waals surface area contributed by atoms with Crippen LogP contribution < -0.4 is 0 Å². The maximum absolute atomic E-state index is 5.05. The lowest BCUT2D eigenvalue weighted by Gasteiger charge is -2.10. The van der Waals surface area contributed by atoms with E-state index in [4.69, 9.17) is 15.0 Å². The fourth-order valence-electron chi connectivity index (χ4n) is 4.71. The van der Waals surface area contributed by atoms with Crippen molar-refractivity contribution in [3.63, 3.8) is 0 Å². The van der Waals surface area contributed by atoms with Gasteiger partial charge in [-0.25, -0.2) is 15.0 Å². The molecule has 7 rings (SSSR count). The van der Waals surface area contributed by atoms with Gasteiger partial charge < -0.3 is 0 Å². The number of rotatable bonds is 5. The van der Waals surface area contributed by atoms with Crippen molar-refractivity contribution < 1.29 is 0 Å². The number of thiazole rings is 1. The van der Waals surface area contributed by atoms with Gasteiger partial charge in [0.25, 0.3) is 0 Å². The van der Waals surface area contributed by atoms with Gasteiger partial charge >= 0.3 is 0 Å². The first-order chi connectivity index (χ1) is 19.3. The molecule has 0 fully saturated rings. The summed E-state index contributed by atoms with van der Waals surface area (Å²) in [5.41, 5.74) is 9.38. The molecule has 0 aliphatic heterocycles. The highest BCUT2D eigenvalue weighted by Gasteiger charge is 2.13. The Kier molecular flexibility index (Phi) is 6.00. The van der Waals surface area contributed by atoms with Crippen LogP contribution in [-0.2, 0) is 0 Å². The largest absolute Gasteiger partial charge is 0.236 e. The summed E-state index contributed by atoms with van der Waals surface area (Å²) in [7, 11) is 0. The summed E-state index contributed by atoms with van der Waals surface area (Å²) in [6.07, 6.45) is 0. The van der Waals surface area contributed by atoms with Crippen molar-refractivity contribution in [2.24, 2.45) is 0 Å². The van der Waals surface area contributed by atoms with Crippen LogP contribution in [0.3, 0.4) is 0 Å². The van der Waals surface area contributed by atoms with Crippen molar-refractivity contribution in [1.82, 2.24) is 15.0 Å². The maximum Gasteiger partial charge on any atom is 0.160 e. The molecule has 2 aromatic heterocycles. The van der Waals surface area contributed by atoms with Gasteiger partial charge in [0.1, 0.15) is 5.01 Å². The topological polar surface area (TPSA) is 38.7 Å². The molecular weight excluding hydrogens is 494 g/mol. The van der Waals surface area contributed by atoms with Crippen LogP contribution >= 0.6 is 11.3 Å². The highest BCUT2D eigenvalue weighted by atomic mass is 32.1. The zero-order valence-corrected chi connectivity index (χ0v) is 21.8. The zero-order chi connectivity index (χ0) is 26.0. The van der Waals surface area contributed by atoms with Crippen LogP contribution in [-0.4, -0.2) is 15.0 Å². The minimum atomic E-state index is 0.709. The maximum atomic E-state index is 5.05. The highest BCUT2D eigenvalue weighted by Crippen LogP contribution is 2.34. The number of fused-ring (bicyclic) bond motifs is 1. The molecule has 0 radical (unpaired) electrons. The van der Waals surface area contributed by atoms with E-state index in [-0.39, 0.29) is 0 Å². The van der Waals surface area contributed by atoms with Gasteiger partial charge in [0.15, 0.2) is 5.82 Å². The minimum absolute atomic E-state index is 0.709. The zero-order valence-electron chi connectivity index (χ0n) is 21.0. The second kappa shape index (κ2) is 10.1. The molecule has 3 nitrogen and oxygen atoms in total. The predicted octanol–water partition coefficient (Wildman–Crippen LogP) is 9.42. The lowest BCUT2D eigenvalue weighted by atomic mass is 10.0. The van der Waals surface area contributed by atoms with Gasteiger partial charge in [-0.15, -0.1) is 11.3 Å². The van der Waals surface area contributed by atoms with Crippen molar-refractivity contribution in [3.8, 4) is 55.6 Å². The van der Waals surface area contributed by atoms with Gasteiger partial charge in [-0.3, -0.25) is 0 Å². The summed E-state index contributed by atoms with van der Waals surface area (Å²) in [5.74, 6) is 0.709. The first-order valence-electron chi connectivity index (χ1n) is 12.9. The van der Waals surface area contributed by atoms with E-state index in [0.29, 0.717) is 5.82 Å². The highest BCUT2D eigenvalue weighted by molar-refractivity contribution is 7.21. The molecule has 4 heteroatoms. The molecule has 5 aromatic carbocycles. The Hall–Kier alpha value is -4.93. The summed E-state index contributed by atoms with van der Waals surface area (Å²) in [6, 6.07) is 48.0. The number of benzene rings is 5. The van der Waals surface area contributed by atoms with E-state index in [9.17, 15) is 0 Å². The Morgan fingerprint density at radius 2 is 0.897 bits per heavy atom. The van der Waals surface area contributed by atoms with Crippen molar-refractivity contribution in [2.45, 2.75) is 0 Å². The molecule has 0 saturated heterocycles. The van der Waals surface area contributed by atoms with Crippen LogP contribution in [0.5, 0.6) is 0 Å². The van der Waals surface area contributed by atoms with E-state index in [2.05, 4.69) is 97.1 Å². The summed E-state index contributed by atoms with van der Waals surface area (Å²) in [6.45, 7) is 0. The summed E-state index contributed by atoms with van der Waals surface area (Å²) in [4.78, 5) is 14.9. The molecule has 0 spiro atoms. The average molecular weight is 518 g/mol. The SMILES string of the molecule is c1ccc(-c2ccc(-c3nc(-c4ccccc4)cc(-c4ccc5nc(-c6ccccc6)sc5c4)n3)cc2)cc1. The molecule has 7 aromatic rings. The fraction of sp³-hybridized carbons (Fsp3) is 0. The molecule has 0 unspecified atom stereocenters. The van der Waals surface area contributed by atoms with E-state index in [1.807, 2.05) is 42.5 Å². The Balaban J connectivity index is 1.32. The number of hydrogen-bond donors (Lipinski definition) is 0. The van der Waals surface area contributed by atoms with Crippen LogP contribution in [0.25, 0.3) is 65.8 Å². The van der Waals surface area contributed by atoms with Crippen LogP contribution in [0.15, 0.2) is 140 Å². The van der Waals surface area contributed by atoms with Crippen LogP contribution in [0.2, 0.25) is 0 Å². The standard InChI is InChI=1S/C35H23N3S/c1-4-10-24(11-5-1)25-16-18-27(19-17-25)34-36-31(26-12-6-2-7-13-26)23-32(37-34)29-20-21-30-33(22-29)39-35(38-30)28-14-8-3-9-15-28/h1-23H. The van der Waals surface area contributed by atoms with Crippen LogP contribution in [0.1, 0.15) is 0 Å². The van der Waals surface area contributed by atoms with Crippen LogP contribution in [0.4, 0.5) is 0 Å². The molecule has 0 aliphatic carbocycles. The molecule has 0 saturated carbocycles.